The lowest BCUT2D eigenvalue weighted by Gasteiger charge is -2.19. The largest absolute Gasteiger partial charge is 0.292 e. The second kappa shape index (κ2) is 6.43. The number of rotatable bonds is 4. The van der Waals surface area contributed by atoms with Gasteiger partial charge in [0.05, 0.1) is 6.07 Å². The van der Waals surface area contributed by atoms with Crippen molar-refractivity contribution < 1.29 is 0 Å². The van der Waals surface area contributed by atoms with Crippen LogP contribution in [-0.2, 0) is 0 Å². The average molecular weight is 286 g/mol. The number of nitrogens with one attached hydrogen (secondary N) is 1. The van der Waals surface area contributed by atoms with E-state index in [1.54, 1.807) is 0 Å². The minimum atomic E-state index is -0.320. The van der Waals surface area contributed by atoms with E-state index in [9.17, 15) is 5.26 Å². The van der Waals surface area contributed by atoms with Crippen molar-refractivity contribution in [2.75, 3.05) is 0 Å². The lowest BCUT2D eigenvalue weighted by Crippen LogP contribution is -2.23. The molecule has 0 spiro atoms. The number of fused-ring (bicyclic) bond motifs is 1. The molecule has 0 radical (unpaired) electrons. The summed E-state index contributed by atoms with van der Waals surface area (Å²) in [4.78, 5) is 0. The molecule has 0 aliphatic carbocycles. The van der Waals surface area contributed by atoms with Gasteiger partial charge in [-0.2, -0.15) is 5.26 Å². The minimum Gasteiger partial charge on any atom is -0.292 e. The molecule has 3 aromatic carbocycles. The lowest BCUT2D eigenvalue weighted by molar-refractivity contribution is 0.533. The van der Waals surface area contributed by atoms with Crippen LogP contribution >= 0.6 is 0 Å². The summed E-state index contributed by atoms with van der Waals surface area (Å²) in [6.07, 6.45) is 0. The molecule has 1 N–H and O–H groups in total. The number of hydrogen-bond donors (Lipinski definition) is 1. The van der Waals surface area contributed by atoms with Crippen LogP contribution in [0.25, 0.3) is 10.8 Å². The summed E-state index contributed by atoms with van der Waals surface area (Å²) < 4.78 is 0. The molecule has 0 aliphatic rings. The van der Waals surface area contributed by atoms with Crippen molar-refractivity contribution in [3.8, 4) is 6.07 Å². The van der Waals surface area contributed by atoms with Crippen LogP contribution in [-0.4, -0.2) is 0 Å². The van der Waals surface area contributed by atoms with E-state index in [-0.39, 0.29) is 12.1 Å². The van der Waals surface area contributed by atoms with E-state index in [0.29, 0.717) is 0 Å². The Morgan fingerprint density at radius 3 is 2.23 bits per heavy atom. The first-order valence-corrected chi connectivity index (χ1v) is 7.47. The molecule has 0 aliphatic heterocycles. The first-order valence-electron chi connectivity index (χ1n) is 7.47. The van der Waals surface area contributed by atoms with Crippen molar-refractivity contribution in [2.24, 2.45) is 0 Å². The number of nitriles is 1. The Labute approximate surface area is 131 Å². The Hall–Kier alpha value is -2.63. The van der Waals surface area contributed by atoms with Crippen molar-refractivity contribution >= 4 is 10.8 Å². The topological polar surface area (TPSA) is 35.8 Å². The molecule has 0 saturated heterocycles. The predicted molar refractivity (Wildman–Crippen MR) is 90.3 cm³/mol. The Morgan fingerprint density at radius 1 is 0.818 bits per heavy atom. The average Bonchev–Trinajstić information content (AvgIpc) is 2.59. The quantitative estimate of drug-likeness (QED) is 0.751. The number of benzene rings is 3. The highest BCUT2D eigenvalue weighted by Gasteiger charge is 2.15. The van der Waals surface area contributed by atoms with Crippen molar-refractivity contribution in [3.63, 3.8) is 0 Å². The van der Waals surface area contributed by atoms with E-state index in [0.717, 1.165) is 10.9 Å². The molecule has 0 heterocycles. The van der Waals surface area contributed by atoms with Gasteiger partial charge in [-0.25, -0.2) is 0 Å². The van der Waals surface area contributed by atoms with Crippen LogP contribution in [0.2, 0.25) is 0 Å². The zero-order valence-electron chi connectivity index (χ0n) is 12.5. The summed E-state index contributed by atoms with van der Waals surface area (Å²) in [6, 6.07) is 26.8. The molecule has 0 aromatic heterocycles. The Morgan fingerprint density at radius 2 is 1.50 bits per heavy atom. The van der Waals surface area contributed by atoms with Gasteiger partial charge in [-0.3, -0.25) is 5.32 Å². The molecule has 0 saturated carbocycles. The van der Waals surface area contributed by atoms with Gasteiger partial charge < -0.3 is 0 Å². The number of nitrogens with zero attached hydrogens (tertiary/aromatic N) is 1. The molecule has 0 unspecified atom stereocenters. The smallest absolute Gasteiger partial charge is 0.121 e. The van der Waals surface area contributed by atoms with Crippen molar-refractivity contribution in [2.45, 2.75) is 19.0 Å². The van der Waals surface area contributed by atoms with Gasteiger partial charge in [0.2, 0.25) is 0 Å². The van der Waals surface area contributed by atoms with Crippen LogP contribution in [0.5, 0.6) is 0 Å². The summed E-state index contributed by atoms with van der Waals surface area (Å²) in [5.41, 5.74) is 2.19. The molecule has 2 nitrogen and oxygen atoms in total. The van der Waals surface area contributed by atoms with E-state index in [2.05, 4.69) is 54.7 Å². The van der Waals surface area contributed by atoms with Gasteiger partial charge in [0, 0.05) is 6.04 Å². The highest BCUT2D eigenvalue weighted by Crippen LogP contribution is 2.23. The third-order valence-corrected chi connectivity index (χ3v) is 3.95. The maximum Gasteiger partial charge on any atom is 0.121 e. The monoisotopic (exact) mass is 286 g/mol. The van der Waals surface area contributed by atoms with E-state index in [1.165, 1.54) is 10.9 Å². The fraction of sp³-hybridized carbons (Fsp3) is 0.150. The fourth-order valence-electron chi connectivity index (χ4n) is 2.68. The second-order valence-electron chi connectivity index (χ2n) is 5.47. The highest BCUT2D eigenvalue weighted by atomic mass is 14.9. The van der Waals surface area contributed by atoms with Gasteiger partial charge in [0.25, 0.3) is 0 Å². The molecule has 108 valence electrons. The van der Waals surface area contributed by atoms with E-state index in [1.807, 2.05) is 36.4 Å². The third kappa shape index (κ3) is 3.00. The van der Waals surface area contributed by atoms with Crippen LogP contribution in [0.1, 0.15) is 30.1 Å². The van der Waals surface area contributed by atoms with Gasteiger partial charge in [-0.05, 0) is 34.9 Å². The van der Waals surface area contributed by atoms with Gasteiger partial charge in [0.15, 0.2) is 0 Å². The molecule has 2 heteroatoms. The first-order chi connectivity index (χ1) is 10.8. The fourth-order valence-corrected chi connectivity index (χ4v) is 2.68. The molecule has 22 heavy (non-hydrogen) atoms. The van der Waals surface area contributed by atoms with Crippen LogP contribution in [0.3, 0.4) is 0 Å². The van der Waals surface area contributed by atoms with Gasteiger partial charge in [-0.1, -0.05) is 66.7 Å². The van der Waals surface area contributed by atoms with E-state index in [4.69, 9.17) is 0 Å². The standard InChI is InChI=1S/C20H18N2/c1-15(16-7-3-2-4-8-16)22-20(14-21)19-12-11-17-9-5-6-10-18(17)13-19/h2-13,15,20,22H,1H3/t15-,20+/m1/s1. The number of hydrogen-bond acceptors (Lipinski definition) is 2. The highest BCUT2D eigenvalue weighted by molar-refractivity contribution is 5.83. The molecule has 3 aromatic rings. The summed E-state index contributed by atoms with van der Waals surface area (Å²) in [5, 5.41) is 15.3. The zero-order valence-corrected chi connectivity index (χ0v) is 12.5. The van der Waals surface area contributed by atoms with Crippen LogP contribution < -0.4 is 5.32 Å². The SMILES string of the molecule is C[C@@H](N[C@@H](C#N)c1ccc2ccccc2c1)c1ccccc1. The molecule has 2 atom stereocenters. The third-order valence-electron chi connectivity index (χ3n) is 3.95. The van der Waals surface area contributed by atoms with Crippen molar-refractivity contribution in [1.29, 1.82) is 5.26 Å². The van der Waals surface area contributed by atoms with Crippen LogP contribution in [0.4, 0.5) is 0 Å². The summed E-state index contributed by atoms with van der Waals surface area (Å²) in [6.45, 7) is 2.08. The van der Waals surface area contributed by atoms with E-state index < -0.39 is 0 Å². The normalized spacial score (nSPS) is 13.5. The zero-order chi connectivity index (χ0) is 15.4. The Bertz CT molecular complexity index is 803. The maximum atomic E-state index is 9.53. The van der Waals surface area contributed by atoms with Crippen LogP contribution in [0.15, 0.2) is 72.8 Å². The van der Waals surface area contributed by atoms with Gasteiger partial charge in [0.1, 0.15) is 6.04 Å². The van der Waals surface area contributed by atoms with Gasteiger partial charge in [-0.15, -0.1) is 0 Å². The first kappa shape index (κ1) is 14.3. The molecule has 0 bridgehead atoms. The second-order valence-corrected chi connectivity index (χ2v) is 5.47. The Kier molecular flexibility index (Phi) is 4.18. The summed E-state index contributed by atoms with van der Waals surface area (Å²) >= 11 is 0. The minimum absolute atomic E-state index is 0.123. The summed E-state index contributed by atoms with van der Waals surface area (Å²) in [7, 11) is 0. The predicted octanol–water partition coefficient (Wildman–Crippen LogP) is 4.76. The summed E-state index contributed by atoms with van der Waals surface area (Å²) in [5.74, 6) is 0. The molecule has 0 fully saturated rings. The molecule has 0 amide bonds. The van der Waals surface area contributed by atoms with Crippen molar-refractivity contribution in [1.82, 2.24) is 5.32 Å². The molecular formula is C20H18N2. The Balaban J connectivity index is 1.85. The van der Waals surface area contributed by atoms with Crippen molar-refractivity contribution in [3.05, 3.63) is 83.9 Å². The molecular weight excluding hydrogens is 268 g/mol. The van der Waals surface area contributed by atoms with Gasteiger partial charge >= 0.3 is 0 Å². The maximum absolute atomic E-state index is 9.53. The van der Waals surface area contributed by atoms with Crippen LogP contribution in [0, 0.1) is 11.3 Å². The van der Waals surface area contributed by atoms with E-state index >= 15 is 0 Å². The molecule has 3 rings (SSSR count). The lowest BCUT2D eigenvalue weighted by atomic mass is 10.0.